The average Bonchev–Trinajstić information content (AvgIpc) is 2.95. The van der Waals surface area contributed by atoms with Gasteiger partial charge >= 0.3 is 5.97 Å². The van der Waals surface area contributed by atoms with E-state index >= 15 is 0 Å². The van der Waals surface area contributed by atoms with Gasteiger partial charge in [-0.25, -0.2) is 0 Å². The summed E-state index contributed by atoms with van der Waals surface area (Å²) >= 11 is 0. The van der Waals surface area contributed by atoms with Crippen LogP contribution >= 0.6 is 0 Å². The van der Waals surface area contributed by atoms with Crippen molar-refractivity contribution in [3.8, 4) is 0 Å². The van der Waals surface area contributed by atoms with Crippen LogP contribution in [0.3, 0.4) is 0 Å². The van der Waals surface area contributed by atoms with Crippen molar-refractivity contribution in [1.82, 2.24) is 4.90 Å². The molecule has 0 bridgehead atoms. The second-order valence-corrected chi connectivity index (χ2v) is 4.98. The molecule has 1 aliphatic rings. The number of nitrogens with two attached hydrogens (primary N) is 1. The molecule has 0 saturated heterocycles. The summed E-state index contributed by atoms with van der Waals surface area (Å²) in [6, 6.07) is 0. The molecule has 16 heavy (non-hydrogen) atoms. The van der Waals surface area contributed by atoms with Crippen molar-refractivity contribution in [2.75, 3.05) is 33.4 Å². The number of aliphatic carboxylic acids is 1. The quantitative estimate of drug-likeness (QED) is 0.580. The molecule has 0 aliphatic heterocycles. The fraction of sp³-hybridized carbons (Fsp3) is 0.909. The van der Waals surface area contributed by atoms with E-state index in [0.717, 1.165) is 12.5 Å². The van der Waals surface area contributed by atoms with Crippen LogP contribution in [0.2, 0.25) is 0 Å². The van der Waals surface area contributed by atoms with Gasteiger partial charge in [0.25, 0.3) is 0 Å². The highest BCUT2D eigenvalue weighted by Crippen LogP contribution is 2.28. The Labute approximate surface area is 96.6 Å². The number of likely N-dealkylation sites (N-methyl/N-ethyl adjacent to an activating group) is 1. The Morgan fingerprint density at radius 2 is 2.25 bits per heavy atom. The maximum absolute atomic E-state index is 10.8. The third-order valence-electron chi connectivity index (χ3n) is 2.75. The van der Waals surface area contributed by atoms with Gasteiger partial charge in [0.05, 0.1) is 6.61 Å². The van der Waals surface area contributed by atoms with Gasteiger partial charge in [-0.3, -0.25) is 4.79 Å². The topological polar surface area (TPSA) is 75.8 Å². The van der Waals surface area contributed by atoms with Crippen molar-refractivity contribution in [3.63, 3.8) is 0 Å². The van der Waals surface area contributed by atoms with Crippen LogP contribution in [-0.4, -0.2) is 54.9 Å². The van der Waals surface area contributed by atoms with Gasteiger partial charge in [-0.05, 0) is 32.7 Å². The molecule has 0 spiro atoms. The number of carboxylic acids is 1. The number of ether oxygens (including phenoxy) is 1. The minimum atomic E-state index is -1.19. The Kier molecular flexibility index (Phi) is 4.70. The van der Waals surface area contributed by atoms with Gasteiger partial charge in [0, 0.05) is 19.7 Å². The summed E-state index contributed by atoms with van der Waals surface area (Å²) in [5.41, 5.74) is 4.45. The first-order chi connectivity index (χ1) is 7.42. The van der Waals surface area contributed by atoms with Gasteiger partial charge in [0.15, 0.2) is 0 Å². The van der Waals surface area contributed by atoms with E-state index in [0.29, 0.717) is 19.7 Å². The van der Waals surface area contributed by atoms with E-state index in [1.54, 1.807) is 0 Å². The SMILES string of the molecule is CN(CCOCC1CC1)CC(C)(N)C(=O)O. The van der Waals surface area contributed by atoms with E-state index in [1.807, 2.05) is 11.9 Å². The van der Waals surface area contributed by atoms with E-state index in [4.69, 9.17) is 15.6 Å². The summed E-state index contributed by atoms with van der Waals surface area (Å²) in [5, 5.41) is 8.86. The summed E-state index contributed by atoms with van der Waals surface area (Å²) < 4.78 is 5.47. The second kappa shape index (κ2) is 5.61. The van der Waals surface area contributed by atoms with Crippen LogP contribution in [0.15, 0.2) is 0 Å². The monoisotopic (exact) mass is 230 g/mol. The lowest BCUT2D eigenvalue weighted by molar-refractivity contribution is -0.143. The normalized spacial score (nSPS) is 19.8. The molecule has 0 aromatic heterocycles. The highest BCUT2D eigenvalue weighted by molar-refractivity contribution is 5.78. The number of nitrogens with zero attached hydrogens (tertiary/aromatic N) is 1. The van der Waals surface area contributed by atoms with Crippen LogP contribution in [0.5, 0.6) is 0 Å². The largest absolute Gasteiger partial charge is 0.480 e. The highest BCUT2D eigenvalue weighted by Gasteiger charge is 2.29. The Morgan fingerprint density at radius 1 is 1.62 bits per heavy atom. The number of hydrogen-bond acceptors (Lipinski definition) is 4. The van der Waals surface area contributed by atoms with E-state index in [-0.39, 0.29) is 0 Å². The Morgan fingerprint density at radius 3 is 2.75 bits per heavy atom. The molecule has 5 heteroatoms. The molecular formula is C11H22N2O3. The van der Waals surface area contributed by atoms with E-state index in [1.165, 1.54) is 19.8 Å². The standard InChI is InChI=1S/C11H22N2O3/c1-11(12,10(14)15)8-13(2)5-6-16-7-9-3-4-9/h9H,3-8,12H2,1-2H3,(H,14,15). The summed E-state index contributed by atoms with van der Waals surface area (Å²) in [5.74, 6) is -0.206. The maximum Gasteiger partial charge on any atom is 0.324 e. The van der Waals surface area contributed by atoms with Crippen LogP contribution in [0.1, 0.15) is 19.8 Å². The van der Waals surface area contributed by atoms with Crippen molar-refractivity contribution in [3.05, 3.63) is 0 Å². The van der Waals surface area contributed by atoms with Crippen LogP contribution in [0.4, 0.5) is 0 Å². The molecule has 5 nitrogen and oxygen atoms in total. The molecule has 1 rings (SSSR count). The lowest BCUT2D eigenvalue weighted by atomic mass is 10.0. The third kappa shape index (κ3) is 4.92. The number of rotatable bonds is 8. The number of carbonyl (C=O) groups is 1. The first kappa shape index (κ1) is 13.4. The van der Waals surface area contributed by atoms with Gasteiger partial charge in [0.1, 0.15) is 5.54 Å². The first-order valence-electron chi connectivity index (χ1n) is 5.70. The van der Waals surface area contributed by atoms with Gasteiger partial charge in [-0.15, -0.1) is 0 Å². The number of hydrogen-bond donors (Lipinski definition) is 2. The van der Waals surface area contributed by atoms with Gasteiger partial charge in [-0.2, -0.15) is 0 Å². The Balaban J connectivity index is 2.08. The van der Waals surface area contributed by atoms with E-state index in [2.05, 4.69) is 0 Å². The van der Waals surface area contributed by atoms with Crippen LogP contribution in [-0.2, 0) is 9.53 Å². The molecular weight excluding hydrogens is 208 g/mol. The molecule has 0 aromatic rings. The minimum Gasteiger partial charge on any atom is -0.480 e. The Hall–Kier alpha value is -0.650. The summed E-state index contributed by atoms with van der Waals surface area (Å²) in [6.07, 6.45) is 2.57. The molecule has 0 heterocycles. The smallest absolute Gasteiger partial charge is 0.324 e. The molecule has 1 fully saturated rings. The molecule has 1 aliphatic carbocycles. The van der Waals surface area contributed by atoms with Crippen molar-refractivity contribution in [2.45, 2.75) is 25.3 Å². The minimum absolute atomic E-state index is 0.328. The zero-order valence-electron chi connectivity index (χ0n) is 10.1. The summed E-state index contributed by atoms with van der Waals surface area (Å²) in [6.45, 7) is 4.05. The summed E-state index contributed by atoms with van der Waals surface area (Å²) in [7, 11) is 1.86. The zero-order chi connectivity index (χ0) is 12.2. The molecule has 0 radical (unpaired) electrons. The molecule has 1 unspecified atom stereocenters. The van der Waals surface area contributed by atoms with Crippen molar-refractivity contribution < 1.29 is 14.6 Å². The van der Waals surface area contributed by atoms with Gasteiger partial charge in [-0.1, -0.05) is 0 Å². The van der Waals surface area contributed by atoms with Crippen molar-refractivity contribution in [1.29, 1.82) is 0 Å². The van der Waals surface area contributed by atoms with Crippen molar-refractivity contribution >= 4 is 5.97 Å². The molecule has 0 amide bonds. The molecule has 3 N–H and O–H groups in total. The predicted octanol–water partition coefficient (Wildman–Crippen LogP) is 0.147. The zero-order valence-corrected chi connectivity index (χ0v) is 10.1. The second-order valence-electron chi connectivity index (χ2n) is 4.98. The fourth-order valence-electron chi connectivity index (χ4n) is 1.46. The number of carboxylic acid groups (broad SMARTS) is 1. The van der Waals surface area contributed by atoms with Crippen LogP contribution in [0.25, 0.3) is 0 Å². The van der Waals surface area contributed by atoms with E-state index in [9.17, 15) is 4.79 Å². The molecule has 94 valence electrons. The van der Waals surface area contributed by atoms with Crippen molar-refractivity contribution in [2.24, 2.45) is 11.7 Å². The Bertz CT molecular complexity index is 239. The summed E-state index contributed by atoms with van der Waals surface area (Å²) in [4.78, 5) is 12.7. The molecule has 0 aromatic carbocycles. The lowest BCUT2D eigenvalue weighted by Gasteiger charge is -2.26. The van der Waals surface area contributed by atoms with Crippen LogP contribution in [0, 0.1) is 5.92 Å². The average molecular weight is 230 g/mol. The third-order valence-corrected chi connectivity index (χ3v) is 2.75. The first-order valence-corrected chi connectivity index (χ1v) is 5.70. The van der Waals surface area contributed by atoms with Crippen LogP contribution < -0.4 is 5.73 Å². The lowest BCUT2D eigenvalue weighted by Crippen LogP contribution is -2.53. The fourth-order valence-corrected chi connectivity index (χ4v) is 1.46. The predicted molar refractivity (Wildman–Crippen MR) is 61.3 cm³/mol. The molecule has 1 atom stereocenters. The maximum atomic E-state index is 10.8. The highest BCUT2D eigenvalue weighted by atomic mass is 16.5. The van der Waals surface area contributed by atoms with E-state index < -0.39 is 11.5 Å². The molecule has 1 saturated carbocycles. The van der Waals surface area contributed by atoms with Gasteiger partial charge in [0.2, 0.25) is 0 Å². The van der Waals surface area contributed by atoms with Gasteiger partial charge < -0.3 is 20.5 Å².